The van der Waals surface area contributed by atoms with Crippen molar-refractivity contribution in [3.63, 3.8) is 0 Å². The minimum Gasteiger partial charge on any atom is -0.264 e. The van der Waals surface area contributed by atoms with E-state index in [1.165, 1.54) is 28.4 Å². The molecule has 3 aromatic carbocycles. The van der Waals surface area contributed by atoms with E-state index in [2.05, 4.69) is 54.1 Å². The molecule has 0 spiro atoms. The first-order chi connectivity index (χ1) is 18.5. The van der Waals surface area contributed by atoms with Crippen molar-refractivity contribution in [3.05, 3.63) is 115 Å². The maximum absolute atomic E-state index is 13.7. The molecule has 194 valence electrons. The standard InChI is InChI=1S/C22H26N2O2SSi.C9H7N/c1-3-28(4-2)21-16-24(15-18-9-5-6-12-19(18)21)27(25,26)20-13-7-10-17-11-8-14-23-22(17)20;1-2-4-9-7-10-6-5-8(9)3-1/h5-14,21,28H,3-4,15-16H2,1-2H3;1-7H/t21-;/m0./s1. The molecule has 1 aliphatic heterocycles. The van der Waals surface area contributed by atoms with E-state index in [9.17, 15) is 8.42 Å². The zero-order valence-corrected chi connectivity index (χ0v) is 23.8. The minimum atomic E-state index is -3.62. The van der Waals surface area contributed by atoms with Crippen LogP contribution in [0.25, 0.3) is 21.7 Å². The molecule has 0 fully saturated rings. The van der Waals surface area contributed by atoms with Gasteiger partial charge in [0.25, 0.3) is 0 Å². The summed E-state index contributed by atoms with van der Waals surface area (Å²) in [5.41, 5.74) is 3.43. The minimum absolute atomic E-state index is 0.315. The summed E-state index contributed by atoms with van der Waals surface area (Å²) in [6.07, 6.45) is 5.34. The summed E-state index contributed by atoms with van der Waals surface area (Å²) >= 11 is 0. The van der Waals surface area contributed by atoms with Gasteiger partial charge in [-0.05, 0) is 45.6 Å². The first-order valence-corrected chi connectivity index (χ1v) is 17.0. The van der Waals surface area contributed by atoms with E-state index in [1.807, 2.05) is 60.9 Å². The number of aromatic nitrogens is 2. The van der Waals surface area contributed by atoms with Crippen molar-refractivity contribution in [2.24, 2.45) is 0 Å². The second-order valence-electron chi connectivity index (χ2n) is 9.73. The van der Waals surface area contributed by atoms with Crippen LogP contribution in [-0.4, -0.2) is 38.0 Å². The number of hydrogen-bond donors (Lipinski definition) is 0. The molecule has 2 aromatic heterocycles. The lowest BCUT2D eigenvalue weighted by atomic mass is 10.0. The molecule has 0 bridgehead atoms. The van der Waals surface area contributed by atoms with E-state index >= 15 is 0 Å². The largest absolute Gasteiger partial charge is 0.264 e. The summed E-state index contributed by atoms with van der Waals surface area (Å²) in [5.74, 6) is 0. The van der Waals surface area contributed by atoms with Gasteiger partial charge in [0.15, 0.2) is 0 Å². The molecule has 38 heavy (non-hydrogen) atoms. The fourth-order valence-electron chi connectivity index (χ4n) is 5.51. The Kier molecular flexibility index (Phi) is 7.97. The molecule has 6 rings (SSSR count). The molecule has 1 atom stereocenters. The molecule has 0 amide bonds. The lowest BCUT2D eigenvalue weighted by Gasteiger charge is -2.37. The van der Waals surface area contributed by atoms with Crippen LogP contribution in [0.2, 0.25) is 12.1 Å². The Labute approximate surface area is 226 Å². The monoisotopic (exact) mass is 539 g/mol. The van der Waals surface area contributed by atoms with Crippen LogP contribution in [0.3, 0.4) is 0 Å². The summed E-state index contributed by atoms with van der Waals surface area (Å²) < 4.78 is 29.0. The number of para-hydroxylation sites is 1. The number of sulfonamides is 1. The predicted molar refractivity (Wildman–Crippen MR) is 158 cm³/mol. The van der Waals surface area contributed by atoms with Crippen molar-refractivity contribution in [2.75, 3.05) is 6.54 Å². The Hall–Kier alpha value is -3.39. The maximum atomic E-state index is 13.7. The number of rotatable bonds is 5. The lowest BCUT2D eigenvalue weighted by molar-refractivity contribution is 0.383. The lowest BCUT2D eigenvalue weighted by Crippen LogP contribution is -2.42. The molecule has 7 heteroatoms. The van der Waals surface area contributed by atoms with Gasteiger partial charge in [0.2, 0.25) is 10.0 Å². The fourth-order valence-corrected chi connectivity index (χ4v) is 10.4. The molecular weight excluding hydrogens is 507 g/mol. The Morgan fingerprint density at radius 3 is 2.32 bits per heavy atom. The maximum Gasteiger partial charge on any atom is 0.245 e. The van der Waals surface area contributed by atoms with Crippen LogP contribution in [0, 0.1) is 0 Å². The summed E-state index contributed by atoms with van der Waals surface area (Å²) in [5, 5.41) is 3.30. The zero-order valence-electron chi connectivity index (χ0n) is 21.9. The fraction of sp³-hybridized carbons (Fsp3) is 0.226. The Morgan fingerprint density at radius 2 is 1.53 bits per heavy atom. The van der Waals surface area contributed by atoms with Gasteiger partial charge in [-0.25, -0.2) is 8.42 Å². The van der Waals surface area contributed by atoms with Gasteiger partial charge in [-0.3, -0.25) is 9.97 Å². The average molecular weight is 540 g/mol. The summed E-state index contributed by atoms with van der Waals surface area (Å²) in [7, 11) is -4.71. The molecule has 0 unspecified atom stereocenters. The number of pyridine rings is 2. The molecule has 0 N–H and O–H groups in total. The second-order valence-corrected chi connectivity index (χ2v) is 15.6. The van der Waals surface area contributed by atoms with Crippen LogP contribution in [-0.2, 0) is 16.6 Å². The molecule has 1 aliphatic rings. The van der Waals surface area contributed by atoms with Gasteiger partial charge in [0.1, 0.15) is 4.90 Å². The number of hydrogen-bond acceptors (Lipinski definition) is 4. The van der Waals surface area contributed by atoms with Crippen LogP contribution >= 0.6 is 0 Å². The normalized spacial score (nSPS) is 15.7. The van der Waals surface area contributed by atoms with Crippen molar-refractivity contribution >= 4 is 40.5 Å². The number of benzene rings is 3. The highest BCUT2D eigenvalue weighted by atomic mass is 32.2. The summed E-state index contributed by atoms with van der Waals surface area (Å²) in [4.78, 5) is 8.70. The topological polar surface area (TPSA) is 63.2 Å². The second kappa shape index (κ2) is 11.6. The summed E-state index contributed by atoms with van der Waals surface area (Å²) in [6, 6.07) is 30.1. The van der Waals surface area contributed by atoms with Gasteiger partial charge in [0, 0.05) is 45.9 Å². The predicted octanol–water partition coefficient (Wildman–Crippen LogP) is 6.56. The third kappa shape index (κ3) is 5.27. The Balaban J connectivity index is 0.000000244. The van der Waals surface area contributed by atoms with Gasteiger partial charge >= 0.3 is 0 Å². The number of nitrogens with zero attached hydrogens (tertiary/aromatic N) is 3. The quantitative estimate of drug-likeness (QED) is 0.237. The van der Waals surface area contributed by atoms with Crippen molar-refractivity contribution in [1.29, 1.82) is 0 Å². The van der Waals surface area contributed by atoms with Crippen molar-refractivity contribution in [3.8, 4) is 0 Å². The summed E-state index contributed by atoms with van der Waals surface area (Å²) in [6.45, 7) is 5.53. The van der Waals surface area contributed by atoms with Gasteiger partial charge in [-0.1, -0.05) is 92.7 Å². The van der Waals surface area contributed by atoms with Gasteiger partial charge < -0.3 is 0 Å². The highest BCUT2D eigenvalue weighted by Crippen LogP contribution is 2.36. The molecule has 5 aromatic rings. The SMILES string of the molecule is CC[SiH](CC)[C@H]1CN(S(=O)(=O)c2cccc3cccnc23)Cc2ccccc21.c1ccc2cnccc2c1. The van der Waals surface area contributed by atoms with Crippen LogP contribution < -0.4 is 0 Å². The highest BCUT2D eigenvalue weighted by molar-refractivity contribution is 7.89. The highest BCUT2D eigenvalue weighted by Gasteiger charge is 2.36. The molecule has 0 radical (unpaired) electrons. The van der Waals surface area contributed by atoms with Gasteiger partial charge in [0.05, 0.1) is 5.52 Å². The third-order valence-electron chi connectivity index (χ3n) is 7.58. The van der Waals surface area contributed by atoms with Crippen molar-refractivity contribution in [2.45, 2.75) is 42.9 Å². The van der Waals surface area contributed by atoms with E-state index in [-0.39, 0.29) is 0 Å². The molecular formula is C31H33N3O2SSi. The van der Waals surface area contributed by atoms with E-state index in [1.54, 1.807) is 16.6 Å². The third-order valence-corrected chi connectivity index (χ3v) is 13.2. The van der Waals surface area contributed by atoms with Gasteiger partial charge in [-0.2, -0.15) is 4.31 Å². The van der Waals surface area contributed by atoms with Crippen LogP contribution in [0.5, 0.6) is 0 Å². The van der Waals surface area contributed by atoms with E-state index in [4.69, 9.17) is 0 Å². The zero-order chi connectivity index (χ0) is 26.5. The molecule has 5 nitrogen and oxygen atoms in total. The first-order valence-electron chi connectivity index (χ1n) is 13.2. The van der Waals surface area contributed by atoms with Crippen LogP contribution in [0.1, 0.15) is 30.5 Å². The van der Waals surface area contributed by atoms with Crippen LogP contribution in [0.15, 0.2) is 108 Å². The van der Waals surface area contributed by atoms with Crippen LogP contribution in [0.4, 0.5) is 0 Å². The van der Waals surface area contributed by atoms with E-state index in [0.29, 0.717) is 29.0 Å². The smallest absolute Gasteiger partial charge is 0.245 e. The molecule has 0 saturated carbocycles. The Bertz CT molecular complexity index is 1580. The van der Waals surface area contributed by atoms with Crippen molar-refractivity contribution < 1.29 is 8.42 Å². The molecule has 0 saturated heterocycles. The average Bonchev–Trinajstić information content (AvgIpc) is 2.97. The van der Waals surface area contributed by atoms with Gasteiger partial charge in [-0.15, -0.1) is 0 Å². The Morgan fingerprint density at radius 1 is 0.816 bits per heavy atom. The molecule has 3 heterocycles. The van der Waals surface area contributed by atoms with E-state index < -0.39 is 18.8 Å². The molecule has 0 aliphatic carbocycles. The number of fused-ring (bicyclic) bond motifs is 3. The van der Waals surface area contributed by atoms with Crippen molar-refractivity contribution in [1.82, 2.24) is 14.3 Å². The first kappa shape index (κ1) is 26.2. The van der Waals surface area contributed by atoms with E-state index in [0.717, 1.165) is 10.9 Å².